The molecule has 25 heavy (non-hydrogen) atoms. The molecule has 7 heteroatoms. The molecule has 0 aromatic carbocycles. The number of nitrogens with zero attached hydrogens (tertiary/aromatic N) is 4. The van der Waals surface area contributed by atoms with Gasteiger partial charge in [-0.1, -0.05) is 12.8 Å². The van der Waals surface area contributed by atoms with Crippen molar-refractivity contribution in [2.75, 3.05) is 32.7 Å². The summed E-state index contributed by atoms with van der Waals surface area (Å²) in [5.74, 6) is 6.53. The summed E-state index contributed by atoms with van der Waals surface area (Å²) < 4.78 is 1.84. The van der Waals surface area contributed by atoms with Gasteiger partial charge in [0, 0.05) is 51.8 Å². The van der Waals surface area contributed by atoms with Crippen molar-refractivity contribution in [1.29, 1.82) is 0 Å². The number of amides is 1. The lowest BCUT2D eigenvalue weighted by Gasteiger charge is -2.21. The van der Waals surface area contributed by atoms with E-state index in [4.69, 9.17) is 9.90 Å². The van der Waals surface area contributed by atoms with Crippen LogP contribution in [0.5, 0.6) is 0 Å². The molecular weight excluding hydrogens is 320 g/mol. The Balaban J connectivity index is 0.000000970. The Morgan fingerprint density at radius 2 is 2.08 bits per heavy atom. The first-order chi connectivity index (χ1) is 12.1. The van der Waals surface area contributed by atoms with Gasteiger partial charge in [-0.3, -0.25) is 19.2 Å². The Bertz CT molecular complexity index is 589. The summed E-state index contributed by atoms with van der Waals surface area (Å²) in [4.78, 5) is 25.0. The van der Waals surface area contributed by atoms with Crippen LogP contribution >= 0.6 is 0 Å². The van der Waals surface area contributed by atoms with Gasteiger partial charge in [-0.2, -0.15) is 5.10 Å². The Hall–Kier alpha value is -2.33. The first-order valence-electron chi connectivity index (χ1n) is 8.63. The molecule has 1 saturated heterocycles. The predicted molar refractivity (Wildman–Crippen MR) is 96.0 cm³/mol. The summed E-state index contributed by atoms with van der Waals surface area (Å²) in [5.41, 5.74) is 1.13. The smallest absolute Gasteiger partial charge is 0.290 e. The fourth-order valence-corrected chi connectivity index (χ4v) is 2.63. The zero-order chi connectivity index (χ0) is 18.5. The summed E-state index contributed by atoms with van der Waals surface area (Å²) in [7, 11) is 0. The van der Waals surface area contributed by atoms with Crippen LogP contribution in [-0.2, 0) is 16.1 Å². The fourth-order valence-electron chi connectivity index (χ4n) is 2.63. The lowest BCUT2D eigenvalue weighted by Crippen LogP contribution is -2.35. The van der Waals surface area contributed by atoms with Crippen LogP contribution < -0.4 is 0 Å². The third-order valence-corrected chi connectivity index (χ3v) is 3.86. The highest BCUT2D eigenvalue weighted by molar-refractivity contribution is 5.76. The Kier molecular flexibility index (Phi) is 10.0. The number of carbonyl (C=O) groups is 2. The molecular formula is C18H28N4O3. The van der Waals surface area contributed by atoms with Crippen molar-refractivity contribution in [3.8, 4) is 11.8 Å². The number of hydrogen-bond donors (Lipinski definition) is 1. The lowest BCUT2D eigenvalue weighted by molar-refractivity contribution is -0.131. The molecule has 0 unspecified atom stereocenters. The minimum absolute atomic E-state index is 0.231. The van der Waals surface area contributed by atoms with Gasteiger partial charge < -0.3 is 10.0 Å². The zero-order valence-corrected chi connectivity index (χ0v) is 15.1. The van der Waals surface area contributed by atoms with Crippen molar-refractivity contribution in [1.82, 2.24) is 19.6 Å². The van der Waals surface area contributed by atoms with E-state index in [0.717, 1.165) is 51.1 Å². The largest absolute Gasteiger partial charge is 0.483 e. The molecule has 0 aliphatic carbocycles. The van der Waals surface area contributed by atoms with Gasteiger partial charge in [0.25, 0.3) is 6.47 Å². The third-order valence-electron chi connectivity index (χ3n) is 3.86. The minimum atomic E-state index is -0.250. The molecule has 0 radical (unpaired) electrons. The molecule has 1 aromatic heterocycles. The molecule has 1 N–H and O–H groups in total. The molecule has 0 saturated carbocycles. The standard InChI is InChI=1S/C17H26N4O.CH2O2/c1-3-4-5-8-19-9-6-10-20(13-12-19)17(22)7-11-21-15-16(2)14-18-21;2-1-3/h14-15H,3,6-13H2,1-2H3;1H,(H,2,3). The normalized spacial score (nSPS) is 14.6. The highest BCUT2D eigenvalue weighted by atomic mass is 16.3. The monoisotopic (exact) mass is 348 g/mol. The van der Waals surface area contributed by atoms with Gasteiger partial charge in [-0.25, -0.2) is 0 Å². The average molecular weight is 348 g/mol. The van der Waals surface area contributed by atoms with Crippen LogP contribution in [0.25, 0.3) is 0 Å². The van der Waals surface area contributed by atoms with Gasteiger partial charge in [0.05, 0.1) is 12.7 Å². The van der Waals surface area contributed by atoms with E-state index < -0.39 is 0 Å². The van der Waals surface area contributed by atoms with Crippen LogP contribution in [0.3, 0.4) is 0 Å². The molecule has 1 amide bonds. The zero-order valence-electron chi connectivity index (χ0n) is 15.1. The van der Waals surface area contributed by atoms with Crippen molar-refractivity contribution < 1.29 is 14.7 Å². The number of carboxylic acid groups (broad SMARTS) is 1. The molecule has 2 heterocycles. The molecule has 0 bridgehead atoms. The van der Waals surface area contributed by atoms with Crippen molar-refractivity contribution >= 4 is 12.4 Å². The number of aromatic nitrogens is 2. The second kappa shape index (κ2) is 12.1. The average Bonchev–Trinajstić information content (AvgIpc) is 2.86. The second-order valence-corrected chi connectivity index (χ2v) is 5.85. The number of aryl methyl sites for hydroxylation is 2. The topological polar surface area (TPSA) is 78.7 Å². The number of rotatable bonds is 4. The summed E-state index contributed by atoms with van der Waals surface area (Å²) in [6, 6.07) is 0. The molecule has 1 fully saturated rings. The molecule has 1 aliphatic rings. The van der Waals surface area contributed by atoms with E-state index in [-0.39, 0.29) is 12.4 Å². The van der Waals surface area contributed by atoms with Crippen LogP contribution in [-0.4, -0.2) is 69.8 Å². The summed E-state index contributed by atoms with van der Waals surface area (Å²) in [6.07, 6.45) is 6.26. The molecule has 1 aliphatic heterocycles. The van der Waals surface area contributed by atoms with Crippen molar-refractivity contribution in [3.05, 3.63) is 18.0 Å². The lowest BCUT2D eigenvalue weighted by atomic mass is 10.3. The Morgan fingerprint density at radius 3 is 2.72 bits per heavy atom. The quantitative estimate of drug-likeness (QED) is 0.654. The van der Waals surface area contributed by atoms with Crippen molar-refractivity contribution in [2.45, 2.75) is 39.7 Å². The second-order valence-electron chi connectivity index (χ2n) is 5.85. The minimum Gasteiger partial charge on any atom is -0.483 e. The third kappa shape index (κ3) is 8.36. The maximum absolute atomic E-state index is 12.3. The highest BCUT2D eigenvalue weighted by Crippen LogP contribution is 2.06. The fraction of sp³-hybridized carbons (Fsp3) is 0.611. The first-order valence-corrected chi connectivity index (χ1v) is 8.63. The van der Waals surface area contributed by atoms with Gasteiger partial charge in [0.15, 0.2) is 0 Å². The molecule has 0 atom stereocenters. The van der Waals surface area contributed by atoms with Crippen molar-refractivity contribution in [2.24, 2.45) is 0 Å². The van der Waals surface area contributed by atoms with Gasteiger partial charge in [-0.15, -0.1) is 5.92 Å². The Morgan fingerprint density at radius 1 is 1.32 bits per heavy atom. The van der Waals surface area contributed by atoms with E-state index in [1.165, 1.54) is 0 Å². The van der Waals surface area contributed by atoms with E-state index in [2.05, 4.69) is 28.8 Å². The number of hydrogen-bond acceptors (Lipinski definition) is 4. The summed E-state index contributed by atoms with van der Waals surface area (Å²) >= 11 is 0. The van der Waals surface area contributed by atoms with Crippen LogP contribution in [0, 0.1) is 18.8 Å². The van der Waals surface area contributed by atoms with Gasteiger partial charge in [-0.05, 0) is 18.9 Å². The maximum atomic E-state index is 12.3. The highest BCUT2D eigenvalue weighted by Gasteiger charge is 2.18. The molecule has 2 rings (SSSR count). The predicted octanol–water partition coefficient (Wildman–Crippen LogP) is 1.23. The van der Waals surface area contributed by atoms with Crippen molar-refractivity contribution in [3.63, 3.8) is 0 Å². The SMILES string of the molecule is CCC#CCN1CCCN(C(=O)CCn2cc(C)cn2)CC1.O=CO. The molecule has 1 aromatic rings. The van der Waals surface area contributed by atoms with Crippen LogP contribution in [0.15, 0.2) is 12.4 Å². The van der Waals surface area contributed by atoms with E-state index in [1.807, 2.05) is 28.9 Å². The van der Waals surface area contributed by atoms with Crippen LogP contribution in [0.4, 0.5) is 0 Å². The van der Waals surface area contributed by atoms with E-state index in [1.54, 1.807) is 0 Å². The first kappa shape index (κ1) is 20.7. The van der Waals surface area contributed by atoms with Crippen LogP contribution in [0.1, 0.15) is 31.7 Å². The Labute approximate surface area is 149 Å². The molecule has 7 nitrogen and oxygen atoms in total. The van der Waals surface area contributed by atoms with Gasteiger partial charge in [0.1, 0.15) is 0 Å². The molecule has 0 spiro atoms. The van der Waals surface area contributed by atoms with E-state index in [0.29, 0.717) is 13.0 Å². The van der Waals surface area contributed by atoms with E-state index in [9.17, 15) is 4.79 Å². The van der Waals surface area contributed by atoms with E-state index >= 15 is 0 Å². The van der Waals surface area contributed by atoms with Gasteiger partial charge in [0.2, 0.25) is 5.91 Å². The summed E-state index contributed by atoms with van der Waals surface area (Å²) in [5, 5.41) is 11.1. The number of carbonyl (C=O) groups excluding carboxylic acids is 1. The maximum Gasteiger partial charge on any atom is 0.290 e. The van der Waals surface area contributed by atoms with Crippen LogP contribution in [0.2, 0.25) is 0 Å². The summed E-state index contributed by atoms with van der Waals surface area (Å²) in [6.45, 7) is 8.93. The van der Waals surface area contributed by atoms with Gasteiger partial charge >= 0.3 is 0 Å². The molecule has 138 valence electrons.